The van der Waals surface area contributed by atoms with E-state index in [1.165, 1.54) is 14.2 Å². The second-order valence-electron chi connectivity index (χ2n) is 2.52. The van der Waals surface area contributed by atoms with Crippen LogP contribution < -0.4 is 0 Å². The van der Waals surface area contributed by atoms with Crippen molar-refractivity contribution in [1.29, 1.82) is 0 Å². The Morgan fingerprint density at radius 1 is 1.33 bits per heavy atom. The summed E-state index contributed by atoms with van der Waals surface area (Å²) < 4.78 is 15.4. The molecule has 0 N–H and O–H groups in total. The summed E-state index contributed by atoms with van der Waals surface area (Å²) in [6, 6.07) is 0. The normalized spacial score (nSPS) is 14.7. The highest BCUT2D eigenvalue weighted by atomic mass is 32.5. The van der Waals surface area contributed by atoms with Gasteiger partial charge in [-0.3, -0.25) is 0 Å². The number of rotatable bonds is 6. The summed E-state index contributed by atoms with van der Waals surface area (Å²) in [5, 5.41) is 0. The molecule has 3 nitrogen and oxygen atoms in total. The van der Waals surface area contributed by atoms with Crippen LogP contribution in [0.4, 0.5) is 0 Å². The van der Waals surface area contributed by atoms with Gasteiger partial charge in [-0.1, -0.05) is 13.3 Å². The minimum atomic E-state index is -2.43. The highest BCUT2D eigenvalue weighted by Crippen LogP contribution is 2.49. The summed E-state index contributed by atoms with van der Waals surface area (Å²) in [5.74, 6) is 0. The average Bonchev–Trinajstić information content (AvgIpc) is 2.05. The molecule has 0 bridgehead atoms. The van der Waals surface area contributed by atoms with Crippen molar-refractivity contribution in [2.75, 3.05) is 14.2 Å². The molecule has 0 radical (unpaired) electrons. The van der Waals surface area contributed by atoms with Crippen LogP contribution in [0.2, 0.25) is 0 Å². The quantitative estimate of drug-likeness (QED) is 0.633. The molecule has 0 rings (SSSR count). The molecule has 0 aliphatic heterocycles. The van der Waals surface area contributed by atoms with E-state index in [1.54, 1.807) is 0 Å². The Morgan fingerprint density at radius 3 is 2.17 bits per heavy atom. The molecule has 5 heteroatoms. The molecule has 74 valence electrons. The van der Waals surface area contributed by atoms with Gasteiger partial charge < -0.3 is 13.6 Å². The minimum Gasteiger partial charge on any atom is -0.312 e. The predicted molar refractivity (Wildman–Crippen MR) is 53.8 cm³/mol. The average molecular weight is 212 g/mol. The molecule has 0 aromatic carbocycles. The van der Waals surface area contributed by atoms with Gasteiger partial charge in [0.25, 0.3) is 0 Å². The molecule has 0 aliphatic rings. The Bertz CT molecular complexity index is 155. The van der Waals surface area contributed by atoms with Gasteiger partial charge in [-0.2, -0.15) is 0 Å². The van der Waals surface area contributed by atoms with E-state index >= 15 is 0 Å². The van der Waals surface area contributed by atoms with Crippen molar-refractivity contribution in [2.24, 2.45) is 0 Å². The molecule has 0 aromatic heterocycles. The van der Waals surface area contributed by atoms with Crippen LogP contribution in [-0.4, -0.2) is 20.3 Å². The monoisotopic (exact) mass is 212 g/mol. The van der Waals surface area contributed by atoms with E-state index in [-0.39, 0.29) is 6.10 Å². The fraction of sp³-hybridized carbons (Fsp3) is 1.00. The van der Waals surface area contributed by atoms with Crippen molar-refractivity contribution in [3.8, 4) is 0 Å². The second kappa shape index (κ2) is 6.06. The molecule has 1 unspecified atom stereocenters. The Morgan fingerprint density at radius 2 is 1.83 bits per heavy atom. The summed E-state index contributed by atoms with van der Waals surface area (Å²) in [6.07, 6.45) is 2.16. The third kappa shape index (κ3) is 4.53. The molecule has 1 atom stereocenters. The van der Waals surface area contributed by atoms with E-state index in [2.05, 4.69) is 6.92 Å². The van der Waals surface area contributed by atoms with E-state index in [4.69, 9.17) is 25.4 Å². The molecule has 0 aromatic rings. The van der Waals surface area contributed by atoms with E-state index < -0.39 is 6.72 Å². The van der Waals surface area contributed by atoms with Gasteiger partial charge in [0, 0.05) is 14.2 Å². The van der Waals surface area contributed by atoms with E-state index in [0.717, 1.165) is 12.8 Å². The Hall–Kier alpha value is 0.530. The maximum atomic E-state index is 5.46. The maximum Gasteiger partial charge on any atom is 0.326 e. The van der Waals surface area contributed by atoms with Crippen molar-refractivity contribution in [3.63, 3.8) is 0 Å². The lowest BCUT2D eigenvalue weighted by Gasteiger charge is -2.21. The molecule has 12 heavy (non-hydrogen) atoms. The van der Waals surface area contributed by atoms with Crippen LogP contribution in [0.5, 0.6) is 0 Å². The Labute approximate surface area is 79.6 Å². The van der Waals surface area contributed by atoms with Crippen molar-refractivity contribution in [2.45, 2.75) is 32.8 Å². The predicted octanol–water partition coefficient (Wildman–Crippen LogP) is 2.71. The van der Waals surface area contributed by atoms with Gasteiger partial charge in [0.05, 0.1) is 6.10 Å². The first-order valence-electron chi connectivity index (χ1n) is 3.98. The lowest BCUT2D eigenvalue weighted by atomic mass is 10.2. The topological polar surface area (TPSA) is 27.7 Å². The van der Waals surface area contributed by atoms with Crippen LogP contribution in [0.15, 0.2) is 0 Å². The van der Waals surface area contributed by atoms with Crippen molar-refractivity contribution in [3.05, 3.63) is 0 Å². The fourth-order valence-electron chi connectivity index (χ4n) is 0.840. The van der Waals surface area contributed by atoms with Gasteiger partial charge in [0.15, 0.2) is 0 Å². The zero-order chi connectivity index (χ0) is 9.61. The van der Waals surface area contributed by atoms with Gasteiger partial charge in [0.1, 0.15) is 0 Å². The molecule has 0 heterocycles. The van der Waals surface area contributed by atoms with Crippen molar-refractivity contribution in [1.82, 2.24) is 0 Å². The smallest absolute Gasteiger partial charge is 0.312 e. The first-order chi connectivity index (χ1) is 5.58. The first-order valence-corrected chi connectivity index (χ1v) is 6.53. The van der Waals surface area contributed by atoms with Gasteiger partial charge in [-0.05, 0) is 25.2 Å². The van der Waals surface area contributed by atoms with Crippen molar-refractivity contribution >= 4 is 18.5 Å². The highest BCUT2D eigenvalue weighted by Gasteiger charge is 2.19. The maximum absolute atomic E-state index is 5.46. The number of hydrogen-bond donors (Lipinski definition) is 0. The van der Waals surface area contributed by atoms with Gasteiger partial charge >= 0.3 is 6.72 Å². The third-order valence-corrected chi connectivity index (χ3v) is 4.12. The summed E-state index contributed by atoms with van der Waals surface area (Å²) >= 11 is 5.04. The third-order valence-electron chi connectivity index (χ3n) is 1.45. The van der Waals surface area contributed by atoms with Gasteiger partial charge in [-0.15, -0.1) is 0 Å². The zero-order valence-corrected chi connectivity index (χ0v) is 9.78. The summed E-state index contributed by atoms with van der Waals surface area (Å²) in [5.41, 5.74) is 0. The minimum absolute atomic E-state index is 0.112. The Balaban J connectivity index is 3.94. The molecule has 0 saturated carbocycles. The van der Waals surface area contributed by atoms with Crippen molar-refractivity contribution < 1.29 is 13.6 Å². The summed E-state index contributed by atoms with van der Waals surface area (Å²) in [7, 11) is 3.03. The SMILES string of the molecule is CCCC(C)OP(=S)(OC)OC. The van der Waals surface area contributed by atoms with Crippen LogP contribution in [0, 0.1) is 0 Å². The lowest BCUT2D eigenvalue weighted by molar-refractivity contribution is 0.147. The fourth-order valence-corrected chi connectivity index (χ4v) is 2.15. The Kier molecular flexibility index (Phi) is 6.32. The van der Waals surface area contributed by atoms with Gasteiger partial charge in [-0.25, -0.2) is 0 Å². The molecule has 0 fully saturated rings. The van der Waals surface area contributed by atoms with E-state index in [9.17, 15) is 0 Å². The lowest BCUT2D eigenvalue weighted by Crippen LogP contribution is -2.07. The molecule has 0 spiro atoms. The van der Waals surface area contributed by atoms with Crippen LogP contribution in [0.3, 0.4) is 0 Å². The van der Waals surface area contributed by atoms with Crippen LogP contribution >= 0.6 is 6.72 Å². The first kappa shape index (κ1) is 12.5. The van der Waals surface area contributed by atoms with Gasteiger partial charge in [0.2, 0.25) is 0 Å². The molecular formula is C7H17O3PS. The highest BCUT2D eigenvalue weighted by molar-refractivity contribution is 8.07. The van der Waals surface area contributed by atoms with E-state index in [0.29, 0.717) is 0 Å². The molecule has 0 aliphatic carbocycles. The summed E-state index contributed by atoms with van der Waals surface area (Å²) in [4.78, 5) is 0. The van der Waals surface area contributed by atoms with E-state index in [1.807, 2.05) is 6.92 Å². The summed E-state index contributed by atoms with van der Waals surface area (Å²) in [6.45, 7) is 1.64. The zero-order valence-electron chi connectivity index (χ0n) is 8.07. The van der Waals surface area contributed by atoms with Crippen LogP contribution in [0.25, 0.3) is 0 Å². The largest absolute Gasteiger partial charge is 0.326 e. The van der Waals surface area contributed by atoms with Crippen LogP contribution in [-0.2, 0) is 25.4 Å². The molecular weight excluding hydrogens is 195 g/mol. The second-order valence-corrected chi connectivity index (χ2v) is 5.69. The molecule has 0 saturated heterocycles. The standard InChI is InChI=1S/C7H17O3PS/c1-5-6-7(2)10-11(12,8-3)9-4/h7H,5-6H2,1-4H3. The molecule has 0 amide bonds. The van der Waals surface area contributed by atoms with Crippen LogP contribution in [0.1, 0.15) is 26.7 Å². The number of hydrogen-bond acceptors (Lipinski definition) is 4.